The summed E-state index contributed by atoms with van der Waals surface area (Å²) in [4.78, 5) is 40.8. The molecule has 3 rings (SSSR count). The van der Waals surface area contributed by atoms with Crippen LogP contribution in [-0.2, 0) is 9.59 Å². The van der Waals surface area contributed by atoms with Crippen molar-refractivity contribution in [3.63, 3.8) is 0 Å². The lowest BCUT2D eigenvalue weighted by molar-refractivity contribution is -0.138. The predicted molar refractivity (Wildman–Crippen MR) is 88.0 cm³/mol. The van der Waals surface area contributed by atoms with E-state index in [4.69, 9.17) is 9.52 Å². The van der Waals surface area contributed by atoms with Crippen LogP contribution in [0.1, 0.15) is 17.0 Å². The van der Waals surface area contributed by atoms with E-state index in [0.717, 1.165) is 11.8 Å². The van der Waals surface area contributed by atoms with Crippen molar-refractivity contribution in [2.45, 2.75) is 11.7 Å². The maximum atomic E-state index is 12.5. The monoisotopic (exact) mass is 344 g/mol. The van der Waals surface area contributed by atoms with E-state index >= 15 is 0 Å². The fraction of sp³-hybridized carbons (Fsp3) is 0.125. The number of para-hydroxylation sites is 1. The first-order valence-electron chi connectivity index (χ1n) is 7.00. The van der Waals surface area contributed by atoms with Gasteiger partial charge in [0.05, 0.1) is 18.4 Å². The van der Waals surface area contributed by atoms with Crippen molar-refractivity contribution in [1.29, 1.82) is 0 Å². The second-order valence-corrected chi connectivity index (χ2v) is 6.06. The Hall–Kier alpha value is -2.87. The van der Waals surface area contributed by atoms with Crippen molar-refractivity contribution >= 4 is 40.4 Å². The number of carboxylic acids is 1. The molecule has 1 fully saturated rings. The van der Waals surface area contributed by atoms with E-state index < -0.39 is 23.0 Å². The quantitative estimate of drug-likeness (QED) is 0.914. The maximum absolute atomic E-state index is 12.5. The van der Waals surface area contributed by atoms with Gasteiger partial charge in [0, 0.05) is 0 Å². The van der Waals surface area contributed by atoms with Gasteiger partial charge in [-0.05, 0) is 24.3 Å². The Balaban J connectivity index is 1.96. The number of thioether (sulfide) groups is 1. The molecule has 0 saturated carbocycles. The Morgan fingerprint density at radius 1 is 1.21 bits per heavy atom. The number of amidine groups is 1. The first-order valence-corrected chi connectivity index (χ1v) is 7.88. The SMILES string of the molecule is O=C(O)C[C@@H]1SC(=NC(=O)c2ccco2)N(c2ccccc2)C1=O. The van der Waals surface area contributed by atoms with E-state index in [0.29, 0.717) is 5.69 Å². The number of aliphatic imine (C=N–C) groups is 1. The highest BCUT2D eigenvalue weighted by Crippen LogP contribution is 2.33. The van der Waals surface area contributed by atoms with Gasteiger partial charge < -0.3 is 9.52 Å². The summed E-state index contributed by atoms with van der Waals surface area (Å²) in [5.41, 5.74) is 0.522. The second kappa shape index (κ2) is 6.71. The Morgan fingerprint density at radius 3 is 2.58 bits per heavy atom. The highest BCUT2D eigenvalue weighted by atomic mass is 32.2. The predicted octanol–water partition coefficient (Wildman–Crippen LogP) is 2.40. The number of rotatable bonds is 4. The van der Waals surface area contributed by atoms with Gasteiger partial charge in [0.25, 0.3) is 0 Å². The lowest BCUT2D eigenvalue weighted by Crippen LogP contribution is -2.33. The number of amides is 2. The van der Waals surface area contributed by atoms with Crippen LogP contribution in [0.5, 0.6) is 0 Å². The maximum Gasteiger partial charge on any atom is 0.315 e. The third-order valence-corrected chi connectivity index (χ3v) is 4.38. The van der Waals surface area contributed by atoms with Crippen molar-refractivity contribution in [3.05, 3.63) is 54.5 Å². The molecule has 2 aromatic rings. The van der Waals surface area contributed by atoms with Crippen LogP contribution in [0, 0.1) is 0 Å². The van der Waals surface area contributed by atoms with Gasteiger partial charge >= 0.3 is 11.9 Å². The van der Waals surface area contributed by atoms with E-state index in [1.165, 1.54) is 17.2 Å². The van der Waals surface area contributed by atoms with Crippen molar-refractivity contribution in [2.75, 3.05) is 4.90 Å². The number of carbonyl (C=O) groups excluding carboxylic acids is 2. The summed E-state index contributed by atoms with van der Waals surface area (Å²) in [5, 5.41) is 8.27. The van der Waals surface area contributed by atoms with Crippen molar-refractivity contribution < 1.29 is 23.9 Å². The largest absolute Gasteiger partial charge is 0.481 e. The highest BCUT2D eigenvalue weighted by molar-refractivity contribution is 8.16. The van der Waals surface area contributed by atoms with Crippen LogP contribution in [0.4, 0.5) is 5.69 Å². The molecule has 1 aromatic heterocycles. The Labute approximate surface area is 141 Å². The molecule has 1 saturated heterocycles. The average Bonchev–Trinajstić information content (AvgIpc) is 3.17. The topological polar surface area (TPSA) is 100 Å². The van der Waals surface area contributed by atoms with Crippen LogP contribution >= 0.6 is 11.8 Å². The molecule has 0 aliphatic carbocycles. The molecule has 2 heterocycles. The molecule has 24 heavy (non-hydrogen) atoms. The molecule has 0 bridgehead atoms. The van der Waals surface area contributed by atoms with E-state index in [1.54, 1.807) is 36.4 Å². The van der Waals surface area contributed by atoms with Gasteiger partial charge in [-0.15, -0.1) is 0 Å². The minimum Gasteiger partial charge on any atom is -0.481 e. The fourth-order valence-corrected chi connectivity index (χ4v) is 3.31. The molecule has 1 aromatic carbocycles. The molecule has 1 atom stereocenters. The zero-order valence-electron chi connectivity index (χ0n) is 12.3. The summed E-state index contributed by atoms with van der Waals surface area (Å²) >= 11 is 0.959. The third-order valence-electron chi connectivity index (χ3n) is 3.24. The van der Waals surface area contributed by atoms with Gasteiger partial charge in [0.2, 0.25) is 5.91 Å². The first kappa shape index (κ1) is 16.0. The molecule has 8 heteroatoms. The van der Waals surface area contributed by atoms with E-state index in [-0.39, 0.29) is 17.3 Å². The number of aliphatic carboxylic acids is 1. The summed E-state index contributed by atoms with van der Waals surface area (Å²) in [6.45, 7) is 0. The normalized spacial score (nSPS) is 19.0. The van der Waals surface area contributed by atoms with E-state index in [9.17, 15) is 14.4 Å². The second-order valence-electron chi connectivity index (χ2n) is 4.89. The van der Waals surface area contributed by atoms with E-state index in [1.807, 2.05) is 0 Å². The van der Waals surface area contributed by atoms with Crippen LogP contribution < -0.4 is 4.90 Å². The number of nitrogens with zero attached hydrogens (tertiary/aromatic N) is 2. The molecule has 1 aliphatic rings. The number of hydrogen-bond donors (Lipinski definition) is 1. The average molecular weight is 344 g/mol. The van der Waals surface area contributed by atoms with Crippen LogP contribution in [0.25, 0.3) is 0 Å². The number of hydrogen-bond acceptors (Lipinski definition) is 5. The fourth-order valence-electron chi connectivity index (χ4n) is 2.19. The van der Waals surface area contributed by atoms with E-state index in [2.05, 4.69) is 4.99 Å². The zero-order valence-corrected chi connectivity index (χ0v) is 13.1. The smallest absolute Gasteiger partial charge is 0.315 e. The number of benzene rings is 1. The van der Waals surface area contributed by atoms with Crippen molar-refractivity contribution in [3.8, 4) is 0 Å². The summed E-state index contributed by atoms with van der Waals surface area (Å²) in [5.74, 6) is -2.09. The van der Waals surface area contributed by atoms with Gasteiger partial charge in [-0.1, -0.05) is 30.0 Å². The van der Waals surface area contributed by atoms with Gasteiger partial charge in [-0.3, -0.25) is 19.3 Å². The molecule has 0 unspecified atom stereocenters. The Morgan fingerprint density at radius 2 is 1.96 bits per heavy atom. The number of carboxylic acid groups (broad SMARTS) is 1. The summed E-state index contributed by atoms with van der Waals surface area (Å²) < 4.78 is 5.00. The van der Waals surface area contributed by atoms with Gasteiger partial charge in [-0.2, -0.15) is 4.99 Å². The molecule has 0 radical (unpaired) electrons. The van der Waals surface area contributed by atoms with Crippen LogP contribution in [0.15, 0.2) is 58.1 Å². The first-order chi connectivity index (χ1) is 11.6. The highest BCUT2D eigenvalue weighted by Gasteiger charge is 2.40. The molecule has 122 valence electrons. The van der Waals surface area contributed by atoms with Gasteiger partial charge in [0.1, 0.15) is 5.25 Å². The number of carbonyl (C=O) groups is 3. The van der Waals surface area contributed by atoms with Crippen molar-refractivity contribution in [2.24, 2.45) is 4.99 Å². The van der Waals surface area contributed by atoms with Crippen LogP contribution in [0.3, 0.4) is 0 Å². The molecular weight excluding hydrogens is 332 g/mol. The Kier molecular flexibility index (Phi) is 4.48. The summed E-state index contributed by atoms with van der Waals surface area (Å²) in [6, 6.07) is 11.7. The molecule has 0 spiro atoms. The third kappa shape index (κ3) is 3.23. The molecule has 1 aliphatic heterocycles. The standard InChI is InChI=1S/C16H12N2O5S/c19-13(20)9-12-15(22)18(10-5-2-1-3-6-10)16(24-12)17-14(21)11-7-4-8-23-11/h1-8,12H,9H2,(H,19,20)/t12-/m0/s1. The lowest BCUT2D eigenvalue weighted by atomic mass is 10.2. The summed E-state index contributed by atoms with van der Waals surface area (Å²) in [7, 11) is 0. The minimum absolute atomic E-state index is 0.0465. The van der Waals surface area contributed by atoms with Crippen LogP contribution in [-0.4, -0.2) is 33.3 Å². The molecule has 2 amide bonds. The zero-order chi connectivity index (χ0) is 17.1. The summed E-state index contributed by atoms with van der Waals surface area (Å²) in [6.07, 6.45) is 1.00. The van der Waals surface area contributed by atoms with Gasteiger partial charge in [-0.25, -0.2) is 0 Å². The Bertz CT molecular complexity index is 801. The number of furan rings is 1. The molecular formula is C16H12N2O5S. The number of anilines is 1. The molecule has 7 nitrogen and oxygen atoms in total. The molecule has 1 N–H and O–H groups in total. The lowest BCUT2D eigenvalue weighted by Gasteiger charge is -2.15. The van der Waals surface area contributed by atoms with Crippen molar-refractivity contribution in [1.82, 2.24) is 0 Å². The van der Waals surface area contributed by atoms with Crippen LogP contribution in [0.2, 0.25) is 0 Å². The van der Waals surface area contributed by atoms with Gasteiger partial charge in [0.15, 0.2) is 10.9 Å². The minimum atomic E-state index is -1.09.